The second kappa shape index (κ2) is 11.3. The minimum atomic E-state index is -0.895. The van der Waals surface area contributed by atoms with E-state index < -0.39 is 24.2 Å². The predicted octanol–water partition coefficient (Wildman–Crippen LogP) is 2.10. The van der Waals surface area contributed by atoms with E-state index in [1.807, 2.05) is 0 Å². The summed E-state index contributed by atoms with van der Waals surface area (Å²) in [5.41, 5.74) is 0. The van der Waals surface area contributed by atoms with Crippen LogP contribution in [0.4, 0.5) is 0 Å². The van der Waals surface area contributed by atoms with Crippen molar-refractivity contribution in [2.75, 3.05) is 26.2 Å². The average molecular weight is 513 g/mol. The summed E-state index contributed by atoms with van der Waals surface area (Å²) in [4.78, 5) is 48.5. The van der Waals surface area contributed by atoms with Crippen molar-refractivity contribution in [2.45, 2.75) is 100 Å². The Morgan fingerprint density at radius 1 is 0.472 bits per heavy atom. The normalized spacial score (nSPS) is 35.8. The van der Waals surface area contributed by atoms with Gasteiger partial charge in [-0.1, -0.05) is 0 Å². The smallest absolute Gasteiger partial charge is 0.234 e. The van der Waals surface area contributed by atoms with Gasteiger partial charge in [-0.2, -0.15) is 0 Å². The van der Waals surface area contributed by atoms with E-state index in [-0.39, 0.29) is 44.6 Å². The molecular weight excluding hydrogens is 476 g/mol. The van der Waals surface area contributed by atoms with Crippen molar-refractivity contribution >= 4 is 0 Å². The van der Waals surface area contributed by atoms with E-state index in [0.717, 1.165) is 51.9 Å². The van der Waals surface area contributed by atoms with E-state index in [2.05, 4.69) is 9.80 Å². The second-order valence-corrected chi connectivity index (χ2v) is 11.1. The van der Waals surface area contributed by atoms with Gasteiger partial charge in [-0.15, -0.1) is 0 Å². The molecular formula is C22H36N6O8. The summed E-state index contributed by atoms with van der Waals surface area (Å²) in [7, 11) is 0. The molecule has 14 nitrogen and oxygen atoms in total. The third-order valence-electron chi connectivity index (χ3n) is 9.40. The summed E-state index contributed by atoms with van der Waals surface area (Å²) in [6.07, 6.45) is 5.49. The van der Waals surface area contributed by atoms with Crippen LogP contribution in [0, 0.1) is 52.3 Å². The number of hydrogen-bond donors (Lipinski definition) is 0. The van der Waals surface area contributed by atoms with Gasteiger partial charge in [-0.3, -0.25) is 50.3 Å². The fourth-order valence-corrected chi connectivity index (χ4v) is 7.35. The lowest BCUT2D eigenvalue weighted by Gasteiger charge is -2.45. The second-order valence-electron chi connectivity index (χ2n) is 11.1. The molecule has 4 rings (SSSR count). The molecule has 2 heterocycles. The van der Waals surface area contributed by atoms with Gasteiger partial charge in [-0.25, -0.2) is 0 Å². The molecule has 2 aliphatic carbocycles. The monoisotopic (exact) mass is 512 g/mol. The first-order valence-corrected chi connectivity index (χ1v) is 13.2. The Morgan fingerprint density at radius 2 is 0.806 bits per heavy atom. The Bertz CT molecular complexity index is 776. The van der Waals surface area contributed by atoms with E-state index in [1.165, 1.54) is 0 Å². The number of rotatable bonds is 7. The summed E-state index contributed by atoms with van der Waals surface area (Å²) in [6.45, 7) is 3.04. The molecule has 6 unspecified atom stereocenters. The molecule has 4 fully saturated rings. The third-order valence-corrected chi connectivity index (χ3v) is 9.40. The van der Waals surface area contributed by atoms with Gasteiger partial charge >= 0.3 is 0 Å². The van der Waals surface area contributed by atoms with Gasteiger partial charge in [0.25, 0.3) is 0 Å². The van der Waals surface area contributed by atoms with Crippen LogP contribution < -0.4 is 0 Å². The summed E-state index contributed by atoms with van der Waals surface area (Å²) in [6, 6.07) is -3.93. The highest BCUT2D eigenvalue weighted by molar-refractivity contribution is 4.93. The van der Waals surface area contributed by atoms with Crippen LogP contribution in [0.5, 0.6) is 0 Å². The van der Waals surface area contributed by atoms with E-state index >= 15 is 0 Å². The highest BCUT2D eigenvalue weighted by atomic mass is 16.6. The maximum atomic E-state index is 11.6. The van der Waals surface area contributed by atoms with Gasteiger partial charge in [0.2, 0.25) is 24.2 Å². The number of piperidine rings is 2. The molecule has 0 radical (unpaired) electrons. The quantitative estimate of drug-likeness (QED) is 0.362. The van der Waals surface area contributed by atoms with Crippen LogP contribution in [0.1, 0.15) is 64.2 Å². The van der Waals surface area contributed by atoms with Gasteiger partial charge in [0.05, 0.1) is 24.9 Å². The van der Waals surface area contributed by atoms with Crippen molar-refractivity contribution in [1.29, 1.82) is 0 Å². The van der Waals surface area contributed by atoms with Crippen LogP contribution >= 0.6 is 0 Å². The fourth-order valence-electron chi connectivity index (χ4n) is 7.35. The first kappa shape index (κ1) is 26.6. The number of likely N-dealkylation sites (tertiary alicyclic amines) is 2. The van der Waals surface area contributed by atoms with Crippen LogP contribution in [0.2, 0.25) is 0 Å². The van der Waals surface area contributed by atoms with E-state index in [9.17, 15) is 40.5 Å². The standard InChI is InChI=1S/C22H36N6O8/c29-25(30)17-1-3-19(21(13-17)27(33)34)23-9-5-15(6-10-23)16-7-11-24(12-8-16)20-4-2-18(26(31)32)14-22(20)28(35)36/h15-22H,1-14H2. The van der Waals surface area contributed by atoms with Gasteiger partial charge in [0.1, 0.15) is 0 Å². The van der Waals surface area contributed by atoms with Crippen LogP contribution in [0.25, 0.3) is 0 Å². The fraction of sp³-hybridized carbons (Fsp3) is 1.00. The molecule has 0 amide bonds. The highest BCUT2D eigenvalue weighted by Crippen LogP contribution is 2.37. The lowest BCUT2D eigenvalue weighted by atomic mass is 9.76. The third kappa shape index (κ3) is 5.74. The van der Waals surface area contributed by atoms with Crippen LogP contribution in [-0.2, 0) is 0 Å². The topological polar surface area (TPSA) is 179 Å². The molecule has 0 aromatic heterocycles. The highest BCUT2D eigenvalue weighted by Gasteiger charge is 2.48. The zero-order chi connectivity index (χ0) is 26.0. The van der Waals surface area contributed by atoms with Crippen LogP contribution in [0.15, 0.2) is 0 Å². The Morgan fingerprint density at radius 3 is 1.08 bits per heavy atom. The van der Waals surface area contributed by atoms with Gasteiger partial charge in [-0.05, 0) is 76.5 Å². The van der Waals surface area contributed by atoms with Crippen LogP contribution in [-0.4, -0.2) is 91.9 Å². The minimum Gasteiger partial charge on any atom is -0.294 e. The van der Waals surface area contributed by atoms with E-state index in [1.54, 1.807) is 0 Å². The molecule has 202 valence electrons. The number of nitro groups is 4. The molecule has 0 aromatic rings. The lowest BCUT2D eigenvalue weighted by molar-refractivity contribution is -0.573. The number of hydrogen-bond acceptors (Lipinski definition) is 10. The Hall–Kier alpha value is -2.48. The molecule has 14 heteroatoms. The molecule has 0 spiro atoms. The van der Waals surface area contributed by atoms with Crippen molar-refractivity contribution in [1.82, 2.24) is 9.80 Å². The Labute approximate surface area is 209 Å². The van der Waals surface area contributed by atoms with Crippen molar-refractivity contribution in [2.24, 2.45) is 11.8 Å². The average Bonchev–Trinajstić information content (AvgIpc) is 2.88. The molecule has 2 aliphatic heterocycles. The lowest BCUT2D eigenvalue weighted by Crippen LogP contribution is -2.56. The van der Waals surface area contributed by atoms with Gasteiger partial charge in [0.15, 0.2) is 0 Å². The van der Waals surface area contributed by atoms with Crippen molar-refractivity contribution in [3.05, 3.63) is 40.5 Å². The summed E-state index contributed by atoms with van der Waals surface area (Å²) >= 11 is 0. The molecule has 36 heavy (non-hydrogen) atoms. The zero-order valence-electron chi connectivity index (χ0n) is 20.5. The van der Waals surface area contributed by atoms with Gasteiger partial charge in [0, 0.05) is 32.5 Å². The first-order valence-electron chi connectivity index (χ1n) is 13.2. The van der Waals surface area contributed by atoms with Crippen molar-refractivity contribution in [3.63, 3.8) is 0 Å². The first-order chi connectivity index (χ1) is 17.2. The van der Waals surface area contributed by atoms with Crippen LogP contribution in [0.3, 0.4) is 0 Å². The molecule has 0 N–H and O–H groups in total. The summed E-state index contributed by atoms with van der Waals surface area (Å²) in [5, 5.41) is 45.6. The molecule has 0 aromatic carbocycles. The SMILES string of the molecule is O=[N+]([O-])C1CCC(N2CCC(C3CCN(C4CCC([N+](=O)[O-])CC4[N+](=O)[O-])CC3)CC2)C([N+](=O)[O-])C1. The molecule has 2 saturated carbocycles. The van der Waals surface area contributed by atoms with E-state index in [0.29, 0.717) is 37.5 Å². The molecule has 4 aliphatic rings. The Balaban J connectivity index is 1.27. The molecule has 0 bridgehead atoms. The van der Waals surface area contributed by atoms with Gasteiger partial charge < -0.3 is 0 Å². The maximum Gasteiger partial charge on any atom is 0.234 e. The summed E-state index contributed by atoms with van der Waals surface area (Å²) < 4.78 is 0. The Kier molecular flexibility index (Phi) is 8.33. The predicted molar refractivity (Wildman–Crippen MR) is 127 cm³/mol. The van der Waals surface area contributed by atoms with E-state index in [4.69, 9.17) is 0 Å². The minimum absolute atomic E-state index is 0.00221. The van der Waals surface area contributed by atoms with Crippen molar-refractivity contribution < 1.29 is 19.7 Å². The zero-order valence-corrected chi connectivity index (χ0v) is 20.5. The molecule has 2 saturated heterocycles. The molecule has 6 atom stereocenters. The number of nitrogens with zero attached hydrogens (tertiary/aromatic N) is 6. The summed E-state index contributed by atoms with van der Waals surface area (Å²) in [5.74, 6) is 1.01. The van der Waals surface area contributed by atoms with Crippen molar-refractivity contribution in [3.8, 4) is 0 Å². The maximum absolute atomic E-state index is 11.6. The largest absolute Gasteiger partial charge is 0.294 e.